The molecule has 0 N–H and O–H groups in total. The molecule has 0 saturated heterocycles. The molecule has 0 radical (unpaired) electrons. The first-order valence-corrected chi connectivity index (χ1v) is 11.6. The summed E-state index contributed by atoms with van der Waals surface area (Å²) in [4.78, 5) is 12.8. The van der Waals surface area contributed by atoms with Gasteiger partial charge in [0.2, 0.25) is 0 Å². The topological polar surface area (TPSA) is 48.4 Å². The summed E-state index contributed by atoms with van der Waals surface area (Å²) >= 11 is 1.50. The third-order valence-electron chi connectivity index (χ3n) is 5.62. The highest BCUT2D eigenvalue weighted by molar-refractivity contribution is 7.09. The largest absolute Gasteiger partial charge is 0.489 e. The van der Waals surface area contributed by atoms with Gasteiger partial charge >= 0.3 is 5.97 Å². The third kappa shape index (κ3) is 5.73. The van der Waals surface area contributed by atoms with Gasteiger partial charge in [-0.1, -0.05) is 44.2 Å². The minimum absolute atomic E-state index is 0.154. The number of carbonyl (C=O) groups is 1. The number of aromatic nitrogens is 1. The van der Waals surface area contributed by atoms with Gasteiger partial charge in [0, 0.05) is 18.2 Å². The number of hydrogen-bond donors (Lipinski definition) is 0. The molecule has 0 fully saturated rings. The van der Waals surface area contributed by atoms with E-state index in [0.29, 0.717) is 32.0 Å². The lowest BCUT2D eigenvalue weighted by Crippen LogP contribution is -2.06. The lowest BCUT2D eigenvalue weighted by atomic mass is 9.99. The number of benzene rings is 2. The summed E-state index contributed by atoms with van der Waals surface area (Å²) in [5.41, 5.74) is 7.02. The van der Waals surface area contributed by atoms with Crippen LogP contribution in [0.25, 0.3) is 10.4 Å². The first kappa shape index (κ1) is 23.0. The van der Waals surface area contributed by atoms with E-state index in [-0.39, 0.29) is 5.97 Å². The smallest absolute Gasteiger partial charge is 0.306 e. The summed E-state index contributed by atoms with van der Waals surface area (Å²) < 4.78 is 15.6. The number of ether oxygens (including phenoxy) is 2. The predicted molar refractivity (Wildman–Crippen MR) is 127 cm³/mol. The maximum Gasteiger partial charge on any atom is 0.306 e. The maximum absolute atomic E-state index is 11.7. The maximum atomic E-state index is 11.7. The highest BCUT2D eigenvalue weighted by Gasteiger charge is 2.13. The number of esters is 1. The second-order valence-electron chi connectivity index (χ2n) is 8.02. The molecular formula is C26H31NO3S. The van der Waals surface area contributed by atoms with Gasteiger partial charge in [-0.3, -0.25) is 4.79 Å². The van der Waals surface area contributed by atoms with Crippen LogP contribution in [0.1, 0.15) is 60.9 Å². The zero-order valence-electron chi connectivity index (χ0n) is 19.0. The molecule has 164 valence electrons. The van der Waals surface area contributed by atoms with Crippen molar-refractivity contribution in [2.24, 2.45) is 0 Å². The van der Waals surface area contributed by atoms with Crippen molar-refractivity contribution in [1.29, 1.82) is 0 Å². The van der Waals surface area contributed by atoms with Crippen LogP contribution in [0.4, 0.5) is 0 Å². The summed E-state index contributed by atoms with van der Waals surface area (Å²) in [6, 6.07) is 12.8. The van der Waals surface area contributed by atoms with E-state index in [2.05, 4.69) is 56.3 Å². The Bertz CT molecular complexity index is 1020. The predicted octanol–water partition coefficient (Wildman–Crippen LogP) is 6.63. The van der Waals surface area contributed by atoms with Crippen LogP contribution in [-0.2, 0) is 22.6 Å². The van der Waals surface area contributed by atoms with E-state index in [0.717, 1.165) is 32.9 Å². The minimum Gasteiger partial charge on any atom is -0.489 e. The van der Waals surface area contributed by atoms with Crippen LogP contribution >= 0.6 is 11.5 Å². The summed E-state index contributed by atoms with van der Waals surface area (Å²) in [6.45, 7) is 11.3. The third-order valence-corrected chi connectivity index (χ3v) is 6.51. The fourth-order valence-electron chi connectivity index (χ4n) is 3.52. The average Bonchev–Trinajstić information content (AvgIpc) is 3.23. The quantitative estimate of drug-likeness (QED) is 0.353. The molecule has 0 bridgehead atoms. The Hall–Kier alpha value is -2.66. The summed E-state index contributed by atoms with van der Waals surface area (Å²) in [5.74, 6) is 1.23. The first-order chi connectivity index (χ1) is 14.9. The molecule has 0 saturated carbocycles. The van der Waals surface area contributed by atoms with Crippen molar-refractivity contribution in [3.63, 3.8) is 0 Å². The SMILES string of the molecule is CCOC(=O)CCc1ccc(OCc2cnsc2-c2ccc(C(C)C)cc2)c(C)c1C. The van der Waals surface area contributed by atoms with E-state index in [1.807, 2.05) is 25.3 Å². The molecule has 0 aliphatic carbocycles. The van der Waals surface area contributed by atoms with Crippen molar-refractivity contribution in [1.82, 2.24) is 4.37 Å². The van der Waals surface area contributed by atoms with Crippen LogP contribution in [0.15, 0.2) is 42.6 Å². The van der Waals surface area contributed by atoms with Gasteiger partial charge in [-0.25, -0.2) is 4.37 Å². The Morgan fingerprint density at radius 2 is 1.77 bits per heavy atom. The highest BCUT2D eigenvalue weighted by atomic mass is 32.1. The van der Waals surface area contributed by atoms with Gasteiger partial charge in [0.15, 0.2) is 0 Å². The summed E-state index contributed by atoms with van der Waals surface area (Å²) in [7, 11) is 0. The molecule has 0 spiro atoms. The number of aryl methyl sites for hydroxylation is 1. The Labute approximate surface area is 189 Å². The van der Waals surface area contributed by atoms with Crippen LogP contribution in [-0.4, -0.2) is 16.9 Å². The molecule has 5 heteroatoms. The molecule has 3 aromatic rings. The lowest BCUT2D eigenvalue weighted by molar-refractivity contribution is -0.143. The molecule has 0 amide bonds. The van der Waals surface area contributed by atoms with Crippen molar-refractivity contribution in [3.05, 3.63) is 70.4 Å². The molecule has 0 aliphatic heterocycles. The van der Waals surface area contributed by atoms with Gasteiger partial charge in [0.25, 0.3) is 0 Å². The van der Waals surface area contributed by atoms with Gasteiger partial charge in [-0.05, 0) is 78.5 Å². The first-order valence-electron chi connectivity index (χ1n) is 10.8. The van der Waals surface area contributed by atoms with Gasteiger partial charge in [0.05, 0.1) is 11.5 Å². The summed E-state index contributed by atoms with van der Waals surface area (Å²) in [5, 5.41) is 0. The van der Waals surface area contributed by atoms with Crippen LogP contribution in [0.5, 0.6) is 5.75 Å². The molecule has 0 aliphatic rings. The van der Waals surface area contributed by atoms with E-state index in [4.69, 9.17) is 9.47 Å². The van der Waals surface area contributed by atoms with E-state index in [1.54, 1.807) is 0 Å². The molecule has 1 aromatic heterocycles. The van der Waals surface area contributed by atoms with E-state index >= 15 is 0 Å². The Morgan fingerprint density at radius 3 is 2.45 bits per heavy atom. The Kier molecular flexibility index (Phi) is 7.85. The van der Waals surface area contributed by atoms with Crippen molar-refractivity contribution in [3.8, 4) is 16.2 Å². The molecule has 1 heterocycles. The number of nitrogens with zero attached hydrogens (tertiary/aromatic N) is 1. The molecule has 2 aromatic carbocycles. The average molecular weight is 438 g/mol. The van der Waals surface area contributed by atoms with Crippen molar-refractivity contribution in [2.75, 3.05) is 6.61 Å². The van der Waals surface area contributed by atoms with E-state index in [9.17, 15) is 4.79 Å². The van der Waals surface area contributed by atoms with E-state index < -0.39 is 0 Å². The minimum atomic E-state index is -0.154. The summed E-state index contributed by atoms with van der Waals surface area (Å²) in [6.07, 6.45) is 2.97. The highest BCUT2D eigenvalue weighted by Crippen LogP contribution is 2.31. The van der Waals surface area contributed by atoms with Gasteiger partial charge in [-0.2, -0.15) is 0 Å². The number of carbonyl (C=O) groups excluding carboxylic acids is 1. The zero-order chi connectivity index (χ0) is 22.4. The van der Waals surface area contributed by atoms with Crippen molar-refractivity contribution >= 4 is 17.5 Å². The molecule has 0 atom stereocenters. The molecular weight excluding hydrogens is 406 g/mol. The fraction of sp³-hybridized carbons (Fsp3) is 0.385. The van der Waals surface area contributed by atoms with Gasteiger partial charge in [0.1, 0.15) is 12.4 Å². The van der Waals surface area contributed by atoms with E-state index in [1.165, 1.54) is 22.7 Å². The Balaban J connectivity index is 1.69. The Morgan fingerprint density at radius 1 is 1.03 bits per heavy atom. The second-order valence-corrected chi connectivity index (χ2v) is 8.83. The fourth-order valence-corrected chi connectivity index (χ4v) is 4.28. The number of hydrogen-bond acceptors (Lipinski definition) is 5. The van der Waals surface area contributed by atoms with Crippen LogP contribution in [0.3, 0.4) is 0 Å². The standard InChI is InChI=1S/C26H31NO3S/c1-6-29-25(28)14-12-21-11-13-24(19(5)18(21)4)30-16-23-15-27-31-26(23)22-9-7-20(8-10-22)17(2)3/h7-11,13,15,17H,6,12,14,16H2,1-5H3. The van der Waals surface area contributed by atoms with Crippen molar-refractivity contribution < 1.29 is 14.3 Å². The van der Waals surface area contributed by atoms with Crippen molar-refractivity contribution in [2.45, 2.75) is 60.0 Å². The van der Waals surface area contributed by atoms with Crippen LogP contribution in [0.2, 0.25) is 0 Å². The lowest BCUT2D eigenvalue weighted by Gasteiger charge is -2.15. The number of rotatable bonds is 9. The van der Waals surface area contributed by atoms with Gasteiger partial charge < -0.3 is 9.47 Å². The molecule has 31 heavy (non-hydrogen) atoms. The van der Waals surface area contributed by atoms with Crippen LogP contribution < -0.4 is 4.74 Å². The second kappa shape index (κ2) is 10.6. The molecule has 3 rings (SSSR count). The molecule has 4 nitrogen and oxygen atoms in total. The molecule has 0 unspecified atom stereocenters. The normalized spacial score (nSPS) is 11.0. The van der Waals surface area contributed by atoms with Crippen LogP contribution in [0, 0.1) is 13.8 Å². The van der Waals surface area contributed by atoms with Gasteiger partial charge in [-0.15, -0.1) is 0 Å². The monoisotopic (exact) mass is 437 g/mol. The zero-order valence-corrected chi connectivity index (χ0v) is 19.8.